The van der Waals surface area contributed by atoms with Gasteiger partial charge in [0.25, 0.3) is 0 Å². The number of carbonyl (C=O) groups excluding carboxylic acids is 1. The zero-order chi connectivity index (χ0) is 23.8. The molecule has 1 amide bonds. The van der Waals surface area contributed by atoms with Crippen molar-refractivity contribution in [2.75, 3.05) is 32.8 Å². The fraction of sp³-hybridized carbons (Fsp3) is 0.464. The van der Waals surface area contributed by atoms with Crippen LogP contribution in [0, 0.1) is 0 Å². The molecule has 3 rings (SSSR count). The van der Waals surface area contributed by atoms with Gasteiger partial charge in [-0.2, -0.15) is 0 Å². The Morgan fingerprint density at radius 2 is 1.61 bits per heavy atom. The highest BCUT2D eigenvalue weighted by molar-refractivity contribution is 5.68. The SMILES string of the molecule is CC(C)c1ccc(OC/C=C/c2ccc(CN3CCN(C(=O)OC(C)(C)C)CC3)cc2)cc1. The molecule has 2 aromatic rings. The van der Waals surface area contributed by atoms with Gasteiger partial charge in [0.2, 0.25) is 0 Å². The Labute approximate surface area is 199 Å². The Hall–Kier alpha value is -2.79. The van der Waals surface area contributed by atoms with Crippen LogP contribution in [0.25, 0.3) is 6.08 Å². The van der Waals surface area contributed by atoms with Crippen molar-refractivity contribution in [2.24, 2.45) is 0 Å². The minimum atomic E-state index is -0.449. The van der Waals surface area contributed by atoms with Crippen molar-refractivity contribution in [3.8, 4) is 5.75 Å². The normalized spacial score (nSPS) is 15.3. The predicted molar refractivity (Wildman–Crippen MR) is 135 cm³/mol. The monoisotopic (exact) mass is 450 g/mol. The van der Waals surface area contributed by atoms with Gasteiger partial charge in [-0.15, -0.1) is 0 Å². The second kappa shape index (κ2) is 11.4. The lowest BCUT2D eigenvalue weighted by atomic mass is 10.0. The molecule has 0 bridgehead atoms. The molecular weight excluding hydrogens is 412 g/mol. The molecule has 0 saturated carbocycles. The van der Waals surface area contributed by atoms with Crippen LogP contribution in [0.1, 0.15) is 57.2 Å². The number of ether oxygens (including phenoxy) is 2. The van der Waals surface area contributed by atoms with E-state index < -0.39 is 5.60 Å². The molecule has 178 valence electrons. The summed E-state index contributed by atoms with van der Waals surface area (Å²) in [7, 11) is 0. The van der Waals surface area contributed by atoms with Crippen molar-refractivity contribution in [1.29, 1.82) is 0 Å². The summed E-state index contributed by atoms with van der Waals surface area (Å²) in [5.41, 5.74) is 3.31. The first-order valence-electron chi connectivity index (χ1n) is 11.9. The van der Waals surface area contributed by atoms with Crippen LogP contribution < -0.4 is 4.74 Å². The van der Waals surface area contributed by atoms with E-state index in [1.807, 2.05) is 39.0 Å². The number of hydrogen-bond acceptors (Lipinski definition) is 4. The molecule has 5 heteroatoms. The number of carbonyl (C=O) groups is 1. The summed E-state index contributed by atoms with van der Waals surface area (Å²) in [6.07, 6.45) is 3.92. The minimum absolute atomic E-state index is 0.213. The summed E-state index contributed by atoms with van der Waals surface area (Å²) >= 11 is 0. The maximum atomic E-state index is 12.2. The molecule has 0 aliphatic carbocycles. The van der Waals surface area contributed by atoms with E-state index in [-0.39, 0.29) is 6.09 Å². The van der Waals surface area contributed by atoms with Gasteiger partial charge in [0, 0.05) is 32.7 Å². The van der Waals surface area contributed by atoms with Gasteiger partial charge in [0.05, 0.1) is 0 Å². The van der Waals surface area contributed by atoms with Crippen LogP contribution >= 0.6 is 0 Å². The Balaban J connectivity index is 1.40. The summed E-state index contributed by atoms with van der Waals surface area (Å²) in [5.74, 6) is 1.43. The molecule has 1 aliphatic heterocycles. The summed E-state index contributed by atoms with van der Waals surface area (Å²) in [4.78, 5) is 16.4. The molecule has 0 atom stereocenters. The van der Waals surface area contributed by atoms with Crippen LogP contribution in [0.2, 0.25) is 0 Å². The average Bonchev–Trinajstić information content (AvgIpc) is 2.77. The number of benzene rings is 2. The summed E-state index contributed by atoms with van der Waals surface area (Å²) in [6, 6.07) is 16.9. The van der Waals surface area contributed by atoms with Crippen molar-refractivity contribution in [3.63, 3.8) is 0 Å². The number of hydrogen-bond donors (Lipinski definition) is 0. The van der Waals surface area contributed by atoms with Crippen LogP contribution in [0.15, 0.2) is 54.6 Å². The number of rotatable bonds is 7. The van der Waals surface area contributed by atoms with Crippen LogP contribution in [0.4, 0.5) is 4.79 Å². The van der Waals surface area contributed by atoms with E-state index in [2.05, 4.69) is 61.2 Å². The van der Waals surface area contributed by atoms with Crippen LogP contribution in [-0.4, -0.2) is 54.3 Å². The van der Waals surface area contributed by atoms with E-state index in [1.165, 1.54) is 11.1 Å². The third kappa shape index (κ3) is 8.25. The zero-order valence-corrected chi connectivity index (χ0v) is 20.7. The topological polar surface area (TPSA) is 42.0 Å². The first-order chi connectivity index (χ1) is 15.7. The molecule has 0 N–H and O–H groups in total. The van der Waals surface area contributed by atoms with Gasteiger partial charge in [-0.1, -0.05) is 56.3 Å². The molecule has 0 aromatic heterocycles. The van der Waals surface area contributed by atoms with Gasteiger partial charge < -0.3 is 14.4 Å². The lowest BCUT2D eigenvalue weighted by molar-refractivity contribution is 0.0139. The third-order valence-corrected chi connectivity index (χ3v) is 5.61. The van der Waals surface area contributed by atoms with E-state index in [1.54, 1.807) is 4.90 Å². The molecular formula is C28H38N2O3. The average molecular weight is 451 g/mol. The summed E-state index contributed by atoms with van der Waals surface area (Å²) in [6.45, 7) is 14.6. The van der Waals surface area contributed by atoms with E-state index in [4.69, 9.17) is 9.47 Å². The molecule has 1 heterocycles. The Morgan fingerprint density at radius 3 is 2.18 bits per heavy atom. The summed E-state index contributed by atoms with van der Waals surface area (Å²) in [5, 5.41) is 0. The molecule has 0 radical (unpaired) electrons. The van der Waals surface area contributed by atoms with Crippen LogP contribution in [-0.2, 0) is 11.3 Å². The molecule has 0 unspecified atom stereocenters. The second-order valence-corrected chi connectivity index (χ2v) is 9.92. The van der Waals surface area contributed by atoms with Crippen molar-refractivity contribution in [1.82, 2.24) is 9.80 Å². The lowest BCUT2D eigenvalue weighted by Gasteiger charge is -2.35. The van der Waals surface area contributed by atoms with Gasteiger partial charge in [-0.25, -0.2) is 4.79 Å². The van der Waals surface area contributed by atoms with Crippen molar-refractivity contribution in [3.05, 3.63) is 71.3 Å². The maximum Gasteiger partial charge on any atom is 0.410 e. The first-order valence-corrected chi connectivity index (χ1v) is 11.9. The second-order valence-electron chi connectivity index (χ2n) is 9.92. The fourth-order valence-electron chi connectivity index (χ4n) is 3.68. The van der Waals surface area contributed by atoms with Crippen molar-refractivity contribution in [2.45, 2.75) is 52.7 Å². The highest BCUT2D eigenvalue weighted by atomic mass is 16.6. The van der Waals surface area contributed by atoms with E-state index in [0.717, 1.165) is 30.9 Å². The minimum Gasteiger partial charge on any atom is -0.490 e. The Kier molecular flexibility index (Phi) is 8.56. The van der Waals surface area contributed by atoms with Gasteiger partial charge >= 0.3 is 6.09 Å². The van der Waals surface area contributed by atoms with Gasteiger partial charge in [0.15, 0.2) is 0 Å². The summed E-state index contributed by atoms with van der Waals surface area (Å²) < 4.78 is 11.3. The first kappa shape index (κ1) is 24.8. The smallest absolute Gasteiger partial charge is 0.410 e. The highest BCUT2D eigenvalue weighted by Gasteiger charge is 2.25. The maximum absolute atomic E-state index is 12.2. The standard InChI is InChI=1S/C28H38N2O3/c1-22(2)25-12-14-26(15-13-25)32-20-6-7-23-8-10-24(11-9-23)21-29-16-18-30(19-17-29)27(31)33-28(3,4)5/h6-15,22H,16-21H2,1-5H3/b7-6+. The number of amides is 1. The quantitative estimate of drug-likeness (QED) is 0.522. The Morgan fingerprint density at radius 1 is 0.970 bits per heavy atom. The van der Waals surface area contributed by atoms with Crippen LogP contribution in [0.3, 0.4) is 0 Å². The molecule has 1 aliphatic rings. The zero-order valence-electron chi connectivity index (χ0n) is 20.7. The largest absolute Gasteiger partial charge is 0.490 e. The Bertz CT molecular complexity index is 904. The number of piperazine rings is 1. The molecule has 1 saturated heterocycles. The molecule has 1 fully saturated rings. The van der Waals surface area contributed by atoms with Crippen molar-refractivity contribution < 1.29 is 14.3 Å². The fourth-order valence-corrected chi connectivity index (χ4v) is 3.68. The molecule has 5 nitrogen and oxygen atoms in total. The van der Waals surface area contributed by atoms with E-state index >= 15 is 0 Å². The predicted octanol–water partition coefficient (Wildman–Crippen LogP) is 5.95. The van der Waals surface area contributed by atoms with Gasteiger partial charge in [0.1, 0.15) is 18.0 Å². The molecule has 0 spiro atoms. The molecule has 2 aromatic carbocycles. The number of nitrogens with zero attached hydrogens (tertiary/aromatic N) is 2. The molecule has 33 heavy (non-hydrogen) atoms. The third-order valence-electron chi connectivity index (χ3n) is 5.61. The van der Waals surface area contributed by atoms with E-state index in [0.29, 0.717) is 25.6 Å². The van der Waals surface area contributed by atoms with E-state index in [9.17, 15) is 4.79 Å². The van der Waals surface area contributed by atoms with Crippen molar-refractivity contribution >= 4 is 12.2 Å². The van der Waals surface area contributed by atoms with Gasteiger partial charge in [-0.05, 0) is 61.6 Å². The van der Waals surface area contributed by atoms with Crippen LogP contribution in [0.5, 0.6) is 5.75 Å². The lowest BCUT2D eigenvalue weighted by Crippen LogP contribution is -2.49. The highest BCUT2D eigenvalue weighted by Crippen LogP contribution is 2.19. The van der Waals surface area contributed by atoms with Gasteiger partial charge in [-0.3, -0.25) is 4.90 Å².